The topological polar surface area (TPSA) is 85.1 Å². The van der Waals surface area contributed by atoms with Crippen LogP contribution < -0.4 is 10.1 Å². The van der Waals surface area contributed by atoms with Gasteiger partial charge in [0.25, 0.3) is 0 Å². The fourth-order valence-electron chi connectivity index (χ4n) is 4.09. The van der Waals surface area contributed by atoms with E-state index in [1.807, 2.05) is 24.5 Å². The standard InChI is InChI=1S/C21H25N5O2/c1-11-22-20(25-18(13-4-5-13)14-6-7-14)19-21(23-11)26(12(2)24-19)15-8-9-17(28-3)16(27)10-15/h8-10,13-14,18,27H,4-7H2,1-3H3,(H,22,23,25). The molecule has 2 N–H and O–H groups in total. The predicted octanol–water partition coefficient (Wildman–Crippen LogP) is 3.75. The van der Waals surface area contributed by atoms with E-state index in [1.54, 1.807) is 12.1 Å². The molecule has 2 heterocycles. The first-order chi connectivity index (χ1) is 13.5. The fourth-order valence-corrected chi connectivity index (χ4v) is 4.09. The number of rotatable bonds is 6. The molecule has 7 nitrogen and oxygen atoms in total. The summed E-state index contributed by atoms with van der Waals surface area (Å²) in [5.41, 5.74) is 2.33. The van der Waals surface area contributed by atoms with Crippen molar-refractivity contribution in [3.63, 3.8) is 0 Å². The second kappa shape index (κ2) is 6.36. The Labute approximate surface area is 163 Å². The van der Waals surface area contributed by atoms with Crippen LogP contribution in [0, 0.1) is 25.7 Å². The molecule has 5 rings (SSSR count). The van der Waals surface area contributed by atoms with E-state index in [-0.39, 0.29) is 5.75 Å². The summed E-state index contributed by atoms with van der Waals surface area (Å²) in [6.07, 6.45) is 5.22. The quantitative estimate of drug-likeness (QED) is 0.678. The Hall–Kier alpha value is -2.83. The Kier molecular flexibility index (Phi) is 3.92. The molecule has 2 saturated carbocycles. The van der Waals surface area contributed by atoms with Gasteiger partial charge in [-0.2, -0.15) is 0 Å². The van der Waals surface area contributed by atoms with Crippen molar-refractivity contribution in [2.75, 3.05) is 12.4 Å². The van der Waals surface area contributed by atoms with Crippen LogP contribution in [-0.2, 0) is 0 Å². The first-order valence-corrected chi connectivity index (χ1v) is 9.92. The van der Waals surface area contributed by atoms with E-state index in [4.69, 9.17) is 9.72 Å². The minimum absolute atomic E-state index is 0.0907. The van der Waals surface area contributed by atoms with Crippen LogP contribution in [0.25, 0.3) is 16.9 Å². The largest absolute Gasteiger partial charge is 0.504 e. The van der Waals surface area contributed by atoms with Crippen molar-refractivity contribution >= 4 is 17.0 Å². The molecular weight excluding hydrogens is 354 g/mol. The number of phenolic OH excluding ortho intramolecular Hbond substituents is 1. The van der Waals surface area contributed by atoms with Gasteiger partial charge in [-0.25, -0.2) is 15.0 Å². The smallest absolute Gasteiger partial charge is 0.170 e. The molecule has 0 atom stereocenters. The molecule has 0 saturated heterocycles. The van der Waals surface area contributed by atoms with Crippen molar-refractivity contribution < 1.29 is 9.84 Å². The van der Waals surface area contributed by atoms with Crippen molar-refractivity contribution in [1.29, 1.82) is 0 Å². The van der Waals surface area contributed by atoms with Gasteiger partial charge in [0.2, 0.25) is 0 Å². The summed E-state index contributed by atoms with van der Waals surface area (Å²) >= 11 is 0. The Bertz CT molecular complexity index is 1040. The van der Waals surface area contributed by atoms with Crippen LogP contribution in [0.4, 0.5) is 5.82 Å². The third-order valence-corrected chi connectivity index (χ3v) is 5.77. The molecule has 0 amide bonds. The first kappa shape index (κ1) is 17.3. The van der Waals surface area contributed by atoms with E-state index >= 15 is 0 Å². The van der Waals surface area contributed by atoms with Crippen molar-refractivity contribution in [1.82, 2.24) is 19.5 Å². The maximum atomic E-state index is 10.2. The molecule has 7 heteroatoms. The number of aromatic hydroxyl groups is 1. The van der Waals surface area contributed by atoms with E-state index in [0.29, 0.717) is 17.6 Å². The number of aryl methyl sites for hydroxylation is 2. The van der Waals surface area contributed by atoms with Crippen molar-refractivity contribution in [2.45, 2.75) is 45.6 Å². The lowest BCUT2D eigenvalue weighted by Crippen LogP contribution is -2.25. The number of aromatic nitrogens is 4. The number of methoxy groups -OCH3 is 1. The van der Waals surface area contributed by atoms with Crippen LogP contribution in [0.5, 0.6) is 11.5 Å². The summed E-state index contributed by atoms with van der Waals surface area (Å²) in [5.74, 6) is 4.39. The summed E-state index contributed by atoms with van der Waals surface area (Å²) in [6, 6.07) is 5.82. The fraction of sp³-hybridized carbons (Fsp3) is 0.476. The lowest BCUT2D eigenvalue weighted by atomic mass is 10.1. The molecule has 0 aliphatic heterocycles. The summed E-state index contributed by atoms with van der Waals surface area (Å²) in [7, 11) is 1.54. The molecule has 0 bridgehead atoms. The molecule has 2 aliphatic carbocycles. The summed E-state index contributed by atoms with van der Waals surface area (Å²) < 4.78 is 7.12. The zero-order valence-corrected chi connectivity index (χ0v) is 16.4. The van der Waals surface area contributed by atoms with E-state index < -0.39 is 0 Å². The van der Waals surface area contributed by atoms with Crippen molar-refractivity contribution in [3.8, 4) is 17.2 Å². The van der Waals surface area contributed by atoms with Gasteiger partial charge >= 0.3 is 0 Å². The van der Waals surface area contributed by atoms with E-state index in [9.17, 15) is 5.11 Å². The van der Waals surface area contributed by atoms with E-state index in [1.165, 1.54) is 32.8 Å². The third-order valence-electron chi connectivity index (χ3n) is 5.77. The SMILES string of the molecule is COc1ccc(-n2c(C)nc3c(NC(C4CC4)C4CC4)nc(C)nc32)cc1O. The highest BCUT2D eigenvalue weighted by Crippen LogP contribution is 2.46. The minimum Gasteiger partial charge on any atom is -0.504 e. The van der Waals surface area contributed by atoms with Gasteiger partial charge in [-0.05, 0) is 63.5 Å². The normalized spacial score (nSPS) is 16.7. The molecule has 2 aliphatic rings. The average molecular weight is 379 g/mol. The molecule has 2 aromatic heterocycles. The second-order valence-electron chi connectivity index (χ2n) is 7.99. The Morgan fingerprint density at radius 1 is 1.11 bits per heavy atom. The van der Waals surface area contributed by atoms with Crippen LogP contribution >= 0.6 is 0 Å². The summed E-state index contributed by atoms with van der Waals surface area (Å²) in [4.78, 5) is 14.1. The minimum atomic E-state index is 0.0907. The summed E-state index contributed by atoms with van der Waals surface area (Å²) in [6.45, 7) is 3.85. The van der Waals surface area contributed by atoms with Gasteiger partial charge in [0.05, 0.1) is 12.8 Å². The molecule has 3 aromatic rings. The molecule has 146 valence electrons. The molecule has 0 radical (unpaired) electrons. The third kappa shape index (κ3) is 2.95. The Morgan fingerprint density at radius 2 is 1.82 bits per heavy atom. The lowest BCUT2D eigenvalue weighted by molar-refractivity contribution is 0.373. The number of anilines is 1. The van der Waals surface area contributed by atoms with Crippen molar-refractivity contribution in [2.24, 2.45) is 11.8 Å². The molecule has 2 fully saturated rings. The molecule has 28 heavy (non-hydrogen) atoms. The zero-order valence-electron chi connectivity index (χ0n) is 16.4. The van der Waals surface area contributed by atoms with Crippen LogP contribution in [0.3, 0.4) is 0 Å². The Balaban J connectivity index is 1.60. The number of nitrogens with zero attached hydrogens (tertiary/aromatic N) is 4. The van der Waals surface area contributed by atoms with Gasteiger partial charge < -0.3 is 15.2 Å². The van der Waals surface area contributed by atoms with E-state index in [2.05, 4.69) is 15.3 Å². The number of phenols is 1. The van der Waals surface area contributed by atoms with Crippen LogP contribution in [0.2, 0.25) is 0 Å². The lowest BCUT2D eigenvalue weighted by Gasteiger charge is -2.18. The highest BCUT2D eigenvalue weighted by atomic mass is 16.5. The van der Waals surface area contributed by atoms with Crippen molar-refractivity contribution in [3.05, 3.63) is 29.8 Å². The highest BCUT2D eigenvalue weighted by molar-refractivity contribution is 5.85. The second-order valence-corrected chi connectivity index (χ2v) is 7.99. The number of imidazole rings is 1. The number of benzene rings is 1. The zero-order chi connectivity index (χ0) is 19.4. The first-order valence-electron chi connectivity index (χ1n) is 9.92. The molecule has 0 unspecified atom stereocenters. The highest BCUT2D eigenvalue weighted by Gasteiger charge is 2.42. The monoisotopic (exact) mass is 379 g/mol. The number of ether oxygens (including phenoxy) is 1. The summed E-state index contributed by atoms with van der Waals surface area (Å²) in [5, 5.41) is 13.9. The number of fused-ring (bicyclic) bond motifs is 1. The number of hydrogen-bond donors (Lipinski definition) is 2. The van der Waals surface area contributed by atoms with Gasteiger partial charge in [-0.3, -0.25) is 4.57 Å². The van der Waals surface area contributed by atoms with Gasteiger partial charge in [0.15, 0.2) is 28.5 Å². The maximum Gasteiger partial charge on any atom is 0.170 e. The van der Waals surface area contributed by atoms with Gasteiger partial charge in [0, 0.05) is 12.1 Å². The van der Waals surface area contributed by atoms with Gasteiger partial charge in [-0.15, -0.1) is 0 Å². The van der Waals surface area contributed by atoms with Crippen LogP contribution in [-0.4, -0.2) is 37.8 Å². The molecule has 0 spiro atoms. The number of hydrogen-bond acceptors (Lipinski definition) is 6. The Morgan fingerprint density at radius 3 is 2.43 bits per heavy atom. The van der Waals surface area contributed by atoms with Crippen LogP contribution in [0.15, 0.2) is 18.2 Å². The van der Waals surface area contributed by atoms with E-state index in [0.717, 1.165) is 40.3 Å². The number of nitrogens with one attached hydrogen (secondary N) is 1. The van der Waals surface area contributed by atoms with Gasteiger partial charge in [0.1, 0.15) is 11.6 Å². The average Bonchev–Trinajstić information content (AvgIpc) is 3.57. The predicted molar refractivity (Wildman–Crippen MR) is 107 cm³/mol. The van der Waals surface area contributed by atoms with Crippen LogP contribution in [0.1, 0.15) is 37.3 Å². The molecule has 1 aromatic carbocycles. The van der Waals surface area contributed by atoms with Gasteiger partial charge in [-0.1, -0.05) is 0 Å². The molecular formula is C21H25N5O2. The maximum absolute atomic E-state index is 10.2.